The van der Waals surface area contributed by atoms with E-state index in [1.807, 2.05) is 6.92 Å². The van der Waals surface area contributed by atoms with Gasteiger partial charge in [-0.05, 0) is 49.7 Å². The Morgan fingerprint density at radius 1 is 0.929 bits per heavy atom. The van der Waals surface area contributed by atoms with Crippen molar-refractivity contribution < 1.29 is 27.5 Å². The lowest BCUT2D eigenvalue weighted by molar-refractivity contribution is -0.139. The van der Waals surface area contributed by atoms with Gasteiger partial charge in [0.1, 0.15) is 12.6 Å². The van der Waals surface area contributed by atoms with Crippen LogP contribution in [-0.4, -0.2) is 58.5 Å². The van der Waals surface area contributed by atoms with Crippen LogP contribution in [0.2, 0.25) is 10.0 Å². The molecule has 3 aromatic rings. The molecule has 0 radical (unpaired) electrons. The third-order valence-electron chi connectivity index (χ3n) is 6.65. The van der Waals surface area contributed by atoms with Crippen molar-refractivity contribution in [2.75, 3.05) is 31.6 Å². The highest BCUT2D eigenvalue weighted by molar-refractivity contribution is 7.92. The van der Waals surface area contributed by atoms with E-state index in [9.17, 15) is 18.0 Å². The molecule has 0 heterocycles. The molecule has 0 spiro atoms. The predicted molar refractivity (Wildman–Crippen MR) is 165 cm³/mol. The van der Waals surface area contributed by atoms with Gasteiger partial charge in [-0.25, -0.2) is 8.42 Å². The van der Waals surface area contributed by atoms with Crippen LogP contribution in [-0.2, 0) is 26.2 Å². The summed E-state index contributed by atoms with van der Waals surface area (Å²) in [5.74, 6) is -0.444. The summed E-state index contributed by atoms with van der Waals surface area (Å²) in [4.78, 5) is 28.3. The molecule has 226 valence electrons. The van der Waals surface area contributed by atoms with Crippen LogP contribution in [0.25, 0.3) is 0 Å². The first-order valence-electron chi connectivity index (χ1n) is 13.3. The number of para-hydroxylation sites is 1. The SMILES string of the molecule is CCCCNC(=O)C(C)N(Cc1c(Cl)cccc1Cl)C(=O)CN(c1ccccc1)S(=O)(=O)c1ccc(OC)c(OC)c1. The Morgan fingerprint density at radius 2 is 1.57 bits per heavy atom. The number of hydrogen-bond acceptors (Lipinski definition) is 6. The summed E-state index contributed by atoms with van der Waals surface area (Å²) in [5, 5.41) is 3.47. The van der Waals surface area contributed by atoms with Gasteiger partial charge in [-0.2, -0.15) is 0 Å². The lowest BCUT2D eigenvalue weighted by atomic mass is 10.1. The molecule has 0 bridgehead atoms. The lowest BCUT2D eigenvalue weighted by Gasteiger charge is -2.32. The maximum atomic E-state index is 14.0. The fourth-order valence-corrected chi connectivity index (χ4v) is 6.15. The summed E-state index contributed by atoms with van der Waals surface area (Å²) < 4.78 is 39.6. The average molecular weight is 637 g/mol. The van der Waals surface area contributed by atoms with E-state index in [2.05, 4.69) is 5.32 Å². The van der Waals surface area contributed by atoms with Crippen molar-refractivity contribution in [2.24, 2.45) is 0 Å². The number of amides is 2. The van der Waals surface area contributed by atoms with Gasteiger partial charge in [0, 0.05) is 34.8 Å². The minimum atomic E-state index is -4.30. The Kier molecular flexibility index (Phi) is 11.9. The third kappa shape index (κ3) is 7.87. The number of rotatable bonds is 14. The van der Waals surface area contributed by atoms with Gasteiger partial charge in [0.05, 0.1) is 24.8 Å². The van der Waals surface area contributed by atoms with Gasteiger partial charge in [-0.3, -0.25) is 13.9 Å². The molecule has 0 saturated carbocycles. The Morgan fingerprint density at radius 3 is 2.17 bits per heavy atom. The Labute approximate surface area is 257 Å². The molecule has 12 heteroatoms. The second-order valence-electron chi connectivity index (χ2n) is 9.41. The number of hydrogen-bond donors (Lipinski definition) is 1. The monoisotopic (exact) mass is 635 g/mol. The predicted octanol–water partition coefficient (Wildman–Crippen LogP) is 5.54. The van der Waals surface area contributed by atoms with E-state index in [-0.39, 0.29) is 28.8 Å². The van der Waals surface area contributed by atoms with E-state index in [1.54, 1.807) is 55.5 Å². The highest BCUT2D eigenvalue weighted by Crippen LogP contribution is 2.33. The normalized spacial score (nSPS) is 11.9. The second kappa shape index (κ2) is 15.1. The molecule has 3 aromatic carbocycles. The van der Waals surface area contributed by atoms with E-state index in [0.29, 0.717) is 27.9 Å². The zero-order valence-corrected chi connectivity index (χ0v) is 26.3. The highest BCUT2D eigenvalue weighted by Gasteiger charge is 2.33. The summed E-state index contributed by atoms with van der Waals surface area (Å²) in [6, 6.07) is 16.4. The van der Waals surface area contributed by atoms with E-state index >= 15 is 0 Å². The molecule has 0 aliphatic carbocycles. The molecule has 3 rings (SSSR count). The van der Waals surface area contributed by atoms with Gasteiger partial charge < -0.3 is 19.7 Å². The molecule has 1 N–H and O–H groups in total. The maximum absolute atomic E-state index is 14.0. The van der Waals surface area contributed by atoms with Crippen LogP contribution < -0.4 is 19.1 Å². The average Bonchev–Trinajstić information content (AvgIpc) is 2.99. The molecular weight excluding hydrogens is 601 g/mol. The van der Waals surface area contributed by atoms with E-state index in [4.69, 9.17) is 32.7 Å². The van der Waals surface area contributed by atoms with Crippen LogP contribution in [0.1, 0.15) is 32.3 Å². The molecule has 42 heavy (non-hydrogen) atoms. The summed E-state index contributed by atoms with van der Waals surface area (Å²) in [7, 11) is -1.45. The molecular formula is C30H35Cl2N3O6S. The first-order valence-corrected chi connectivity index (χ1v) is 15.5. The summed E-state index contributed by atoms with van der Waals surface area (Å²) >= 11 is 12.8. The van der Waals surface area contributed by atoms with Crippen LogP contribution in [0.3, 0.4) is 0 Å². The third-order valence-corrected chi connectivity index (χ3v) is 9.13. The molecule has 9 nitrogen and oxygen atoms in total. The molecule has 0 saturated heterocycles. The molecule has 0 aromatic heterocycles. The van der Waals surface area contributed by atoms with Gasteiger partial charge >= 0.3 is 0 Å². The number of carbonyl (C=O) groups is 2. The second-order valence-corrected chi connectivity index (χ2v) is 12.1. The topological polar surface area (TPSA) is 105 Å². The maximum Gasteiger partial charge on any atom is 0.264 e. The Bertz CT molecular complexity index is 1470. The van der Waals surface area contributed by atoms with Crippen molar-refractivity contribution in [1.82, 2.24) is 10.2 Å². The smallest absolute Gasteiger partial charge is 0.264 e. The van der Waals surface area contributed by atoms with Crippen molar-refractivity contribution in [3.63, 3.8) is 0 Å². The molecule has 0 aliphatic heterocycles. The zero-order valence-electron chi connectivity index (χ0n) is 24.0. The largest absolute Gasteiger partial charge is 0.493 e. The van der Waals surface area contributed by atoms with Gasteiger partial charge in [0.2, 0.25) is 11.8 Å². The van der Waals surface area contributed by atoms with Crippen LogP contribution in [0.5, 0.6) is 11.5 Å². The number of nitrogens with zero attached hydrogens (tertiary/aromatic N) is 2. The number of sulfonamides is 1. The Balaban J connectivity index is 2.05. The summed E-state index contributed by atoms with van der Waals surface area (Å²) in [5.41, 5.74) is 0.702. The standard InChI is InChI=1S/C30H35Cl2N3O6S/c1-5-6-17-33-30(37)21(2)34(19-24-25(31)13-10-14-26(24)32)29(36)20-35(22-11-8-7-9-12-22)42(38,39)23-15-16-27(40-3)28(18-23)41-4/h7-16,18,21H,5-6,17,19-20H2,1-4H3,(H,33,37). The number of ether oxygens (including phenoxy) is 2. The van der Waals surface area contributed by atoms with Gasteiger partial charge in [-0.15, -0.1) is 0 Å². The molecule has 0 fully saturated rings. The van der Waals surface area contributed by atoms with Gasteiger partial charge in [-0.1, -0.05) is 60.8 Å². The quantitative estimate of drug-likeness (QED) is 0.233. The lowest BCUT2D eigenvalue weighted by Crippen LogP contribution is -2.51. The number of methoxy groups -OCH3 is 2. The Hall–Kier alpha value is -3.47. The molecule has 0 aliphatic rings. The molecule has 2 amide bonds. The minimum Gasteiger partial charge on any atom is -0.493 e. The first-order chi connectivity index (χ1) is 20.0. The highest BCUT2D eigenvalue weighted by atomic mass is 35.5. The van der Waals surface area contributed by atoms with E-state index < -0.39 is 28.5 Å². The van der Waals surface area contributed by atoms with Crippen molar-refractivity contribution in [1.29, 1.82) is 0 Å². The number of benzene rings is 3. The van der Waals surface area contributed by atoms with Crippen LogP contribution >= 0.6 is 23.2 Å². The van der Waals surface area contributed by atoms with Crippen molar-refractivity contribution >= 4 is 50.7 Å². The van der Waals surface area contributed by atoms with E-state index in [0.717, 1.165) is 17.1 Å². The van der Waals surface area contributed by atoms with Crippen molar-refractivity contribution in [3.8, 4) is 11.5 Å². The molecule has 1 unspecified atom stereocenters. The van der Waals surface area contributed by atoms with E-state index in [1.165, 1.54) is 37.3 Å². The number of nitrogens with one attached hydrogen (secondary N) is 1. The number of carbonyl (C=O) groups excluding carboxylic acids is 2. The van der Waals surface area contributed by atoms with Crippen LogP contribution in [0.15, 0.2) is 71.6 Å². The first kappa shape index (κ1) is 33.0. The zero-order chi connectivity index (χ0) is 30.9. The number of unbranched alkanes of at least 4 members (excludes halogenated alkanes) is 1. The van der Waals surface area contributed by atoms with Crippen LogP contribution in [0, 0.1) is 0 Å². The summed E-state index contributed by atoms with van der Waals surface area (Å²) in [6.07, 6.45) is 1.65. The fourth-order valence-electron chi connectivity index (χ4n) is 4.20. The van der Waals surface area contributed by atoms with Gasteiger partial charge in [0.15, 0.2) is 11.5 Å². The van der Waals surface area contributed by atoms with Crippen LogP contribution in [0.4, 0.5) is 5.69 Å². The van der Waals surface area contributed by atoms with Crippen molar-refractivity contribution in [3.05, 3.63) is 82.3 Å². The number of halogens is 2. The molecule has 1 atom stereocenters. The van der Waals surface area contributed by atoms with Crippen molar-refractivity contribution in [2.45, 2.75) is 44.2 Å². The fraction of sp³-hybridized carbons (Fsp3) is 0.333. The minimum absolute atomic E-state index is 0.108. The number of anilines is 1. The van der Waals surface area contributed by atoms with Gasteiger partial charge in [0.25, 0.3) is 10.0 Å². The summed E-state index contributed by atoms with van der Waals surface area (Å²) in [6.45, 7) is 3.31.